The van der Waals surface area contributed by atoms with Crippen LogP contribution in [0.3, 0.4) is 0 Å². The highest BCUT2D eigenvalue weighted by molar-refractivity contribution is 6.04. The number of allylic oxidation sites excluding steroid dienone is 1. The van der Waals surface area contributed by atoms with Gasteiger partial charge in [0.25, 0.3) is 0 Å². The van der Waals surface area contributed by atoms with Crippen molar-refractivity contribution in [1.82, 2.24) is 0 Å². The summed E-state index contributed by atoms with van der Waals surface area (Å²) in [6, 6.07) is -0.531. The van der Waals surface area contributed by atoms with Crippen molar-refractivity contribution < 1.29 is 14.4 Å². The molecule has 108 valence electrons. The van der Waals surface area contributed by atoms with Gasteiger partial charge in [0.1, 0.15) is 0 Å². The van der Waals surface area contributed by atoms with Crippen molar-refractivity contribution in [3.8, 4) is 0 Å². The van der Waals surface area contributed by atoms with Gasteiger partial charge in [-0.05, 0) is 25.7 Å². The summed E-state index contributed by atoms with van der Waals surface area (Å²) in [6.07, 6.45) is 0.198. The summed E-state index contributed by atoms with van der Waals surface area (Å²) in [5.41, 5.74) is 8.04. The molecule has 3 atom stereocenters. The standard InChI is InChI=1S/C11H19FN4O3/c1-15-10(8(6-13)16(18)19)11(12)4-2-7(14)9(17)3-5-11/h6-7,9,17H,2-5,13-14H2,1H3/b8-6+,15-10?/t7?,9-,11?/m1/s1. The van der Waals surface area contributed by atoms with Gasteiger partial charge >= 0.3 is 5.70 Å². The summed E-state index contributed by atoms with van der Waals surface area (Å²) in [5, 5.41) is 20.5. The van der Waals surface area contributed by atoms with E-state index in [1.807, 2.05) is 0 Å². The van der Waals surface area contributed by atoms with Crippen molar-refractivity contribution in [3.05, 3.63) is 22.0 Å². The molecule has 0 spiro atoms. The average molecular weight is 274 g/mol. The maximum absolute atomic E-state index is 14.9. The van der Waals surface area contributed by atoms with Gasteiger partial charge in [0.05, 0.1) is 17.2 Å². The molecule has 5 N–H and O–H groups in total. The molecule has 0 radical (unpaired) electrons. The highest BCUT2D eigenvalue weighted by Gasteiger charge is 2.44. The molecule has 0 aliphatic heterocycles. The summed E-state index contributed by atoms with van der Waals surface area (Å²) >= 11 is 0. The molecule has 0 aromatic heterocycles. The molecule has 8 heteroatoms. The topological polar surface area (TPSA) is 128 Å². The first kappa shape index (κ1) is 15.5. The third-order valence-corrected chi connectivity index (χ3v) is 3.45. The number of aliphatic hydroxyl groups is 1. The maximum Gasteiger partial charge on any atom is 0.308 e. The number of hydrogen-bond acceptors (Lipinski definition) is 6. The Hall–Kier alpha value is -1.54. The van der Waals surface area contributed by atoms with Crippen LogP contribution >= 0.6 is 0 Å². The molecule has 0 saturated heterocycles. The van der Waals surface area contributed by atoms with E-state index in [2.05, 4.69) is 4.99 Å². The second kappa shape index (κ2) is 6.07. The molecule has 0 amide bonds. The summed E-state index contributed by atoms with van der Waals surface area (Å²) in [4.78, 5) is 13.8. The monoisotopic (exact) mass is 274 g/mol. The lowest BCUT2D eigenvalue weighted by molar-refractivity contribution is -0.416. The normalized spacial score (nSPS) is 33.9. The van der Waals surface area contributed by atoms with Crippen LogP contribution in [-0.4, -0.2) is 40.6 Å². The number of aliphatic imine (C=N–C) groups is 1. The van der Waals surface area contributed by atoms with Crippen LogP contribution in [0.15, 0.2) is 16.9 Å². The lowest BCUT2D eigenvalue weighted by Gasteiger charge is -2.23. The van der Waals surface area contributed by atoms with Gasteiger partial charge in [0.15, 0.2) is 11.4 Å². The molecular weight excluding hydrogens is 255 g/mol. The van der Waals surface area contributed by atoms with Gasteiger partial charge in [0, 0.05) is 13.1 Å². The van der Waals surface area contributed by atoms with Crippen LogP contribution in [0, 0.1) is 10.1 Å². The maximum atomic E-state index is 14.9. The van der Waals surface area contributed by atoms with E-state index >= 15 is 0 Å². The predicted octanol–water partition coefficient (Wildman–Crippen LogP) is 0.105. The van der Waals surface area contributed by atoms with E-state index < -0.39 is 28.4 Å². The van der Waals surface area contributed by atoms with Crippen LogP contribution < -0.4 is 11.5 Å². The molecule has 1 saturated carbocycles. The van der Waals surface area contributed by atoms with E-state index in [0.29, 0.717) is 0 Å². The second-order valence-corrected chi connectivity index (χ2v) is 4.66. The smallest absolute Gasteiger partial charge is 0.308 e. The predicted molar refractivity (Wildman–Crippen MR) is 68.9 cm³/mol. The molecule has 19 heavy (non-hydrogen) atoms. The van der Waals surface area contributed by atoms with Crippen molar-refractivity contribution in [2.45, 2.75) is 43.5 Å². The summed E-state index contributed by atoms with van der Waals surface area (Å²) in [5.74, 6) is 0. The minimum Gasteiger partial charge on any atom is -0.399 e. The lowest BCUT2D eigenvalue weighted by atomic mass is 9.89. The lowest BCUT2D eigenvalue weighted by Crippen LogP contribution is -2.37. The van der Waals surface area contributed by atoms with Crippen LogP contribution in [0.1, 0.15) is 25.7 Å². The van der Waals surface area contributed by atoms with Crippen molar-refractivity contribution in [3.63, 3.8) is 0 Å². The molecule has 0 heterocycles. The molecule has 0 aromatic carbocycles. The van der Waals surface area contributed by atoms with Crippen LogP contribution in [0.2, 0.25) is 0 Å². The van der Waals surface area contributed by atoms with Crippen LogP contribution in [0.4, 0.5) is 4.39 Å². The van der Waals surface area contributed by atoms with Crippen molar-refractivity contribution in [2.75, 3.05) is 7.05 Å². The van der Waals surface area contributed by atoms with Crippen molar-refractivity contribution in [2.24, 2.45) is 16.5 Å². The van der Waals surface area contributed by atoms with Gasteiger partial charge in [-0.15, -0.1) is 0 Å². The SMILES string of the molecule is CN=C(/C(=C\N)[N+](=O)[O-])C1(F)CCC(N)[C@H](O)CC1. The number of aliphatic hydroxyl groups excluding tert-OH is 1. The van der Waals surface area contributed by atoms with Crippen molar-refractivity contribution >= 4 is 5.71 Å². The van der Waals surface area contributed by atoms with Gasteiger partial charge in [-0.3, -0.25) is 15.1 Å². The van der Waals surface area contributed by atoms with E-state index in [-0.39, 0.29) is 31.4 Å². The summed E-state index contributed by atoms with van der Waals surface area (Å²) in [6.45, 7) is 0. The van der Waals surface area contributed by atoms with Crippen molar-refractivity contribution in [1.29, 1.82) is 0 Å². The second-order valence-electron chi connectivity index (χ2n) is 4.66. The van der Waals surface area contributed by atoms with Gasteiger partial charge in [-0.1, -0.05) is 0 Å². The molecule has 1 aliphatic rings. The summed E-state index contributed by atoms with van der Waals surface area (Å²) < 4.78 is 14.9. The quantitative estimate of drug-likeness (QED) is 0.291. The van der Waals surface area contributed by atoms with Crippen LogP contribution in [-0.2, 0) is 0 Å². The highest BCUT2D eigenvalue weighted by Crippen LogP contribution is 2.34. The Bertz CT molecular complexity index is 399. The van der Waals surface area contributed by atoms with Gasteiger partial charge in [0.2, 0.25) is 0 Å². The third-order valence-electron chi connectivity index (χ3n) is 3.45. The molecule has 1 rings (SSSR count). The zero-order valence-corrected chi connectivity index (χ0v) is 10.8. The molecule has 1 fully saturated rings. The molecule has 1 aliphatic carbocycles. The fourth-order valence-electron chi connectivity index (χ4n) is 2.31. The molecule has 0 aromatic rings. The average Bonchev–Trinajstić information content (AvgIpc) is 2.49. The highest BCUT2D eigenvalue weighted by atomic mass is 19.1. The summed E-state index contributed by atoms with van der Waals surface area (Å²) in [7, 11) is 1.28. The first-order valence-corrected chi connectivity index (χ1v) is 6.02. The molecule has 0 bridgehead atoms. The van der Waals surface area contributed by atoms with Gasteiger partial charge in [-0.25, -0.2) is 4.39 Å². The number of nitrogens with zero attached hydrogens (tertiary/aromatic N) is 2. The largest absolute Gasteiger partial charge is 0.399 e. The number of alkyl halides is 1. The number of rotatable bonds is 3. The Balaban J connectivity index is 3.07. The van der Waals surface area contributed by atoms with E-state index in [1.54, 1.807) is 0 Å². The Morgan fingerprint density at radius 1 is 1.58 bits per heavy atom. The first-order valence-electron chi connectivity index (χ1n) is 6.02. The van der Waals surface area contributed by atoms with E-state index in [9.17, 15) is 19.6 Å². The molecule has 2 unspecified atom stereocenters. The zero-order chi connectivity index (χ0) is 14.6. The molecular formula is C11H19FN4O3. The Morgan fingerprint density at radius 2 is 2.16 bits per heavy atom. The third kappa shape index (κ3) is 3.27. The number of nitrogens with two attached hydrogens (primary N) is 2. The Kier molecular flexibility index (Phi) is 4.96. The van der Waals surface area contributed by atoms with Gasteiger partial charge in [-0.2, -0.15) is 0 Å². The van der Waals surface area contributed by atoms with E-state index in [0.717, 1.165) is 6.20 Å². The fourth-order valence-corrected chi connectivity index (χ4v) is 2.31. The van der Waals surface area contributed by atoms with E-state index in [1.165, 1.54) is 7.05 Å². The van der Waals surface area contributed by atoms with Crippen LogP contribution in [0.5, 0.6) is 0 Å². The molecule has 7 nitrogen and oxygen atoms in total. The van der Waals surface area contributed by atoms with Gasteiger partial charge < -0.3 is 16.6 Å². The minimum absolute atomic E-state index is 0.0247. The minimum atomic E-state index is -1.98. The Morgan fingerprint density at radius 3 is 2.63 bits per heavy atom. The van der Waals surface area contributed by atoms with E-state index in [4.69, 9.17) is 11.5 Å². The van der Waals surface area contributed by atoms with Crippen LogP contribution in [0.25, 0.3) is 0 Å². The Labute approximate surface area is 110 Å². The number of hydrogen-bond donors (Lipinski definition) is 3. The first-order chi connectivity index (χ1) is 8.85. The number of nitro groups is 1. The zero-order valence-electron chi connectivity index (χ0n) is 10.8. The fraction of sp³-hybridized carbons (Fsp3) is 0.727. The number of halogens is 1.